The molecule has 3 aromatic rings. The van der Waals surface area contributed by atoms with Crippen LogP contribution in [0.5, 0.6) is 11.5 Å². The van der Waals surface area contributed by atoms with Crippen molar-refractivity contribution < 1.29 is 18.7 Å². The Kier molecular flexibility index (Phi) is 3.54. The molecule has 4 nitrogen and oxygen atoms in total. The average molecular weight is 333 g/mol. The summed E-state index contributed by atoms with van der Waals surface area (Å²) in [5, 5.41) is 0. The molecule has 2 amide bonds. The highest BCUT2D eigenvalue weighted by molar-refractivity contribution is 6.34. The summed E-state index contributed by atoms with van der Waals surface area (Å²) in [6, 6.07) is 18.9. The Bertz CT molecular complexity index is 947. The Hall–Kier alpha value is -3.47. The third kappa shape index (κ3) is 2.55. The molecule has 0 saturated carbocycles. The summed E-state index contributed by atoms with van der Waals surface area (Å²) in [6.07, 6.45) is 0. The molecule has 0 unspecified atom stereocenters. The lowest BCUT2D eigenvalue weighted by Gasteiger charge is -2.18. The first kappa shape index (κ1) is 15.1. The Morgan fingerprint density at radius 1 is 0.720 bits per heavy atom. The quantitative estimate of drug-likeness (QED) is 0.667. The number of hydrogen-bond donors (Lipinski definition) is 0. The summed E-state index contributed by atoms with van der Waals surface area (Å²) < 4.78 is 18.8. The highest BCUT2D eigenvalue weighted by Gasteiger charge is 2.37. The molecule has 0 saturated heterocycles. The van der Waals surface area contributed by atoms with Crippen molar-refractivity contribution in [2.75, 3.05) is 4.90 Å². The van der Waals surface area contributed by atoms with E-state index in [-0.39, 0.29) is 5.82 Å². The summed E-state index contributed by atoms with van der Waals surface area (Å²) in [5.41, 5.74) is 1.08. The van der Waals surface area contributed by atoms with E-state index in [1.165, 1.54) is 24.3 Å². The van der Waals surface area contributed by atoms with Crippen molar-refractivity contribution in [2.45, 2.75) is 0 Å². The van der Waals surface area contributed by atoms with Crippen LogP contribution in [0.1, 0.15) is 20.7 Å². The van der Waals surface area contributed by atoms with Crippen molar-refractivity contribution in [3.63, 3.8) is 0 Å². The van der Waals surface area contributed by atoms with E-state index in [0.717, 1.165) is 4.90 Å². The Labute approximate surface area is 143 Å². The molecular weight excluding hydrogens is 321 g/mol. The predicted molar refractivity (Wildman–Crippen MR) is 90.5 cm³/mol. The van der Waals surface area contributed by atoms with E-state index in [1.54, 1.807) is 48.5 Å². The van der Waals surface area contributed by atoms with Gasteiger partial charge in [0.05, 0.1) is 16.8 Å². The number of carbonyl (C=O) groups is 2. The van der Waals surface area contributed by atoms with Crippen LogP contribution in [0.2, 0.25) is 0 Å². The maximum absolute atomic E-state index is 13.1. The molecule has 1 aliphatic heterocycles. The van der Waals surface area contributed by atoms with Gasteiger partial charge in [0.15, 0.2) is 5.75 Å². The van der Waals surface area contributed by atoms with Crippen LogP contribution in [0, 0.1) is 5.82 Å². The van der Waals surface area contributed by atoms with Crippen molar-refractivity contribution in [1.82, 2.24) is 0 Å². The summed E-state index contributed by atoms with van der Waals surface area (Å²) in [4.78, 5) is 26.4. The molecule has 3 aromatic carbocycles. The number of benzene rings is 3. The Morgan fingerprint density at radius 3 is 1.92 bits per heavy atom. The van der Waals surface area contributed by atoms with Gasteiger partial charge in [-0.1, -0.05) is 24.3 Å². The number of amides is 2. The maximum Gasteiger partial charge on any atom is 0.266 e. The third-order valence-corrected chi connectivity index (χ3v) is 3.94. The van der Waals surface area contributed by atoms with Crippen LogP contribution in [0.15, 0.2) is 72.8 Å². The highest BCUT2D eigenvalue weighted by Crippen LogP contribution is 2.36. The van der Waals surface area contributed by atoms with Gasteiger partial charge < -0.3 is 4.74 Å². The zero-order valence-electron chi connectivity index (χ0n) is 13.0. The molecule has 0 N–H and O–H groups in total. The van der Waals surface area contributed by atoms with Crippen LogP contribution in [0.25, 0.3) is 0 Å². The zero-order valence-corrected chi connectivity index (χ0v) is 13.0. The van der Waals surface area contributed by atoms with Crippen molar-refractivity contribution in [3.8, 4) is 11.5 Å². The second-order valence-corrected chi connectivity index (χ2v) is 5.52. The largest absolute Gasteiger partial charge is 0.455 e. The van der Waals surface area contributed by atoms with E-state index in [1.807, 2.05) is 0 Å². The van der Waals surface area contributed by atoms with Gasteiger partial charge in [0.1, 0.15) is 11.6 Å². The normalized spacial score (nSPS) is 13.1. The zero-order chi connectivity index (χ0) is 17.4. The molecule has 122 valence electrons. The fourth-order valence-corrected chi connectivity index (χ4v) is 2.77. The van der Waals surface area contributed by atoms with Crippen molar-refractivity contribution in [1.29, 1.82) is 0 Å². The number of hydrogen-bond acceptors (Lipinski definition) is 3. The van der Waals surface area contributed by atoms with Gasteiger partial charge in [0.2, 0.25) is 0 Å². The lowest BCUT2D eigenvalue weighted by Crippen LogP contribution is -2.29. The van der Waals surface area contributed by atoms with Gasteiger partial charge in [-0.05, 0) is 48.5 Å². The Balaban J connectivity index is 1.74. The molecule has 0 aliphatic carbocycles. The van der Waals surface area contributed by atoms with Crippen LogP contribution in [-0.2, 0) is 0 Å². The second kappa shape index (κ2) is 5.87. The van der Waals surface area contributed by atoms with Gasteiger partial charge in [0.25, 0.3) is 11.8 Å². The number of anilines is 1. The number of ether oxygens (including phenoxy) is 1. The first-order chi connectivity index (χ1) is 12.1. The van der Waals surface area contributed by atoms with Crippen molar-refractivity contribution >= 4 is 17.5 Å². The molecule has 5 heteroatoms. The molecule has 0 bridgehead atoms. The smallest absolute Gasteiger partial charge is 0.266 e. The minimum absolute atomic E-state index is 0.337. The SMILES string of the molecule is O=C1c2ccccc2C(=O)N1c1ccccc1Oc1ccc(F)cc1. The summed E-state index contributed by atoms with van der Waals surface area (Å²) in [7, 11) is 0. The van der Waals surface area contributed by atoms with E-state index < -0.39 is 11.8 Å². The standard InChI is InChI=1S/C20H12FNO3/c21-13-9-11-14(12-10-13)25-18-8-4-3-7-17(18)22-19(23)15-5-1-2-6-16(15)20(22)24/h1-12H. The van der Waals surface area contributed by atoms with E-state index in [0.29, 0.717) is 28.3 Å². The monoisotopic (exact) mass is 333 g/mol. The molecule has 4 rings (SSSR count). The summed E-state index contributed by atoms with van der Waals surface area (Å²) >= 11 is 0. The molecule has 0 spiro atoms. The van der Waals surface area contributed by atoms with Crippen LogP contribution < -0.4 is 9.64 Å². The molecule has 0 aromatic heterocycles. The predicted octanol–water partition coefficient (Wildman–Crippen LogP) is 4.42. The lowest BCUT2D eigenvalue weighted by molar-refractivity contribution is 0.0925. The van der Waals surface area contributed by atoms with E-state index in [4.69, 9.17) is 4.74 Å². The molecular formula is C20H12FNO3. The number of imide groups is 1. The van der Waals surface area contributed by atoms with Crippen LogP contribution in [0.3, 0.4) is 0 Å². The number of para-hydroxylation sites is 2. The van der Waals surface area contributed by atoms with Crippen LogP contribution in [0.4, 0.5) is 10.1 Å². The maximum atomic E-state index is 13.1. The number of nitrogens with zero attached hydrogens (tertiary/aromatic N) is 1. The average Bonchev–Trinajstić information content (AvgIpc) is 2.89. The fourth-order valence-electron chi connectivity index (χ4n) is 2.77. The molecule has 0 radical (unpaired) electrons. The molecule has 0 atom stereocenters. The fraction of sp³-hybridized carbons (Fsp3) is 0. The minimum atomic E-state index is -0.393. The topological polar surface area (TPSA) is 46.6 Å². The number of rotatable bonds is 3. The first-order valence-corrected chi connectivity index (χ1v) is 7.65. The Morgan fingerprint density at radius 2 is 1.28 bits per heavy atom. The molecule has 1 aliphatic rings. The van der Waals surface area contributed by atoms with E-state index >= 15 is 0 Å². The van der Waals surface area contributed by atoms with Gasteiger partial charge in [-0.25, -0.2) is 9.29 Å². The van der Waals surface area contributed by atoms with E-state index in [2.05, 4.69) is 0 Å². The molecule has 0 fully saturated rings. The summed E-state index contributed by atoms with van der Waals surface area (Å²) in [6.45, 7) is 0. The van der Waals surface area contributed by atoms with Crippen molar-refractivity contribution in [2.24, 2.45) is 0 Å². The van der Waals surface area contributed by atoms with Crippen LogP contribution in [-0.4, -0.2) is 11.8 Å². The van der Waals surface area contributed by atoms with Crippen LogP contribution >= 0.6 is 0 Å². The number of halogens is 1. The van der Waals surface area contributed by atoms with Gasteiger partial charge in [0, 0.05) is 0 Å². The van der Waals surface area contributed by atoms with Gasteiger partial charge >= 0.3 is 0 Å². The van der Waals surface area contributed by atoms with E-state index in [9.17, 15) is 14.0 Å². The third-order valence-electron chi connectivity index (χ3n) is 3.94. The van der Waals surface area contributed by atoms with Gasteiger partial charge in [-0.2, -0.15) is 0 Å². The molecule has 25 heavy (non-hydrogen) atoms. The second-order valence-electron chi connectivity index (χ2n) is 5.52. The molecule has 1 heterocycles. The minimum Gasteiger partial charge on any atom is -0.455 e. The first-order valence-electron chi connectivity index (χ1n) is 7.65. The lowest BCUT2D eigenvalue weighted by atomic mass is 10.1. The van der Waals surface area contributed by atoms with Crippen molar-refractivity contribution in [3.05, 3.63) is 89.7 Å². The number of fused-ring (bicyclic) bond motifs is 1. The summed E-state index contributed by atoms with van der Waals surface area (Å²) in [5.74, 6) is -0.415. The van der Waals surface area contributed by atoms with Gasteiger partial charge in [-0.15, -0.1) is 0 Å². The van der Waals surface area contributed by atoms with Gasteiger partial charge in [-0.3, -0.25) is 9.59 Å². The highest BCUT2D eigenvalue weighted by atomic mass is 19.1. The number of carbonyl (C=O) groups excluding carboxylic acids is 2.